The number of anilines is 2. The molecule has 0 unspecified atom stereocenters. The molecule has 0 aromatic heterocycles. The molecule has 0 heterocycles. The zero-order chi connectivity index (χ0) is 24.2. The van der Waals surface area contributed by atoms with E-state index in [9.17, 15) is 23.3 Å². The molecule has 9 nitrogen and oxygen atoms in total. The Bertz CT molecular complexity index is 1260. The van der Waals surface area contributed by atoms with Gasteiger partial charge in [-0.2, -0.15) is 0 Å². The van der Waals surface area contributed by atoms with Crippen molar-refractivity contribution in [1.29, 1.82) is 0 Å². The van der Waals surface area contributed by atoms with Gasteiger partial charge in [0.15, 0.2) is 0 Å². The molecule has 0 spiro atoms. The molecule has 0 saturated heterocycles. The van der Waals surface area contributed by atoms with Crippen molar-refractivity contribution in [2.45, 2.75) is 19.9 Å². The predicted molar refractivity (Wildman–Crippen MR) is 126 cm³/mol. The number of hydrogen-bond acceptors (Lipinski definition) is 6. The van der Waals surface area contributed by atoms with Crippen molar-refractivity contribution < 1.29 is 22.9 Å². The number of benzene rings is 3. The SMILES string of the molecule is Cc1c(NC(=O)[C@@H](C)N(c2ccc(Oc3ccccc3)cc2)S(C)(=O)=O)cccc1[N+](=O)[O-]. The molecule has 1 atom stereocenters. The van der Waals surface area contributed by atoms with Gasteiger partial charge in [0.1, 0.15) is 17.5 Å². The molecule has 172 valence electrons. The maximum absolute atomic E-state index is 12.9. The van der Waals surface area contributed by atoms with Crippen LogP contribution in [0.4, 0.5) is 17.1 Å². The number of nitro benzene ring substituents is 1. The van der Waals surface area contributed by atoms with E-state index in [1.807, 2.05) is 18.2 Å². The van der Waals surface area contributed by atoms with Crippen LogP contribution in [0.1, 0.15) is 12.5 Å². The molecular weight excluding hydrogens is 446 g/mol. The summed E-state index contributed by atoms with van der Waals surface area (Å²) in [6, 6.07) is 18.6. The topological polar surface area (TPSA) is 119 Å². The van der Waals surface area contributed by atoms with Crippen LogP contribution in [0.15, 0.2) is 72.8 Å². The number of nitrogens with zero attached hydrogens (tertiary/aromatic N) is 2. The number of carbonyl (C=O) groups is 1. The molecule has 0 fully saturated rings. The van der Waals surface area contributed by atoms with Crippen LogP contribution in [-0.2, 0) is 14.8 Å². The minimum Gasteiger partial charge on any atom is -0.457 e. The number of carbonyl (C=O) groups excluding carboxylic acids is 1. The van der Waals surface area contributed by atoms with E-state index >= 15 is 0 Å². The Balaban J connectivity index is 1.84. The fraction of sp³-hybridized carbons (Fsp3) is 0.174. The molecule has 33 heavy (non-hydrogen) atoms. The number of nitrogens with one attached hydrogen (secondary N) is 1. The lowest BCUT2D eigenvalue weighted by Crippen LogP contribution is -2.45. The molecular formula is C23H23N3O6S. The van der Waals surface area contributed by atoms with Crippen molar-refractivity contribution in [2.75, 3.05) is 15.9 Å². The van der Waals surface area contributed by atoms with E-state index in [0.717, 1.165) is 10.6 Å². The monoisotopic (exact) mass is 469 g/mol. The van der Waals surface area contributed by atoms with Crippen LogP contribution in [0.2, 0.25) is 0 Å². The number of ether oxygens (including phenoxy) is 1. The Kier molecular flexibility index (Phi) is 6.98. The van der Waals surface area contributed by atoms with Gasteiger partial charge in [-0.1, -0.05) is 24.3 Å². The molecule has 0 radical (unpaired) electrons. The second-order valence-electron chi connectivity index (χ2n) is 7.34. The molecule has 0 saturated carbocycles. The Hall–Kier alpha value is -3.92. The van der Waals surface area contributed by atoms with Crippen LogP contribution in [0, 0.1) is 17.0 Å². The molecule has 3 rings (SSSR count). The molecule has 3 aromatic carbocycles. The van der Waals surface area contributed by atoms with E-state index in [4.69, 9.17) is 4.74 Å². The Labute approximate surface area is 191 Å². The fourth-order valence-electron chi connectivity index (χ4n) is 3.29. The van der Waals surface area contributed by atoms with E-state index in [0.29, 0.717) is 11.5 Å². The zero-order valence-corrected chi connectivity index (χ0v) is 19.1. The van der Waals surface area contributed by atoms with Gasteiger partial charge in [-0.25, -0.2) is 8.42 Å². The molecule has 0 aliphatic heterocycles. The highest BCUT2D eigenvalue weighted by molar-refractivity contribution is 7.92. The molecule has 0 aliphatic rings. The maximum atomic E-state index is 12.9. The van der Waals surface area contributed by atoms with Gasteiger partial charge >= 0.3 is 0 Å². The number of hydrogen-bond donors (Lipinski definition) is 1. The number of sulfonamides is 1. The molecule has 1 amide bonds. The summed E-state index contributed by atoms with van der Waals surface area (Å²) in [5, 5.41) is 13.8. The van der Waals surface area contributed by atoms with Gasteiger partial charge in [-0.3, -0.25) is 19.2 Å². The summed E-state index contributed by atoms with van der Waals surface area (Å²) in [5.41, 5.74) is 0.642. The van der Waals surface area contributed by atoms with Gasteiger partial charge in [0.05, 0.1) is 28.1 Å². The first-order valence-corrected chi connectivity index (χ1v) is 11.8. The van der Waals surface area contributed by atoms with Crippen molar-refractivity contribution in [1.82, 2.24) is 0 Å². The summed E-state index contributed by atoms with van der Waals surface area (Å²) in [5.74, 6) is 0.502. The average Bonchev–Trinajstić information content (AvgIpc) is 2.76. The lowest BCUT2D eigenvalue weighted by atomic mass is 10.1. The summed E-state index contributed by atoms with van der Waals surface area (Å²) < 4.78 is 31.8. The quantitative estimate of drug-likeness (QED) is 0.384. The Morgan fingerprint density at radius 3 is 2.18 bits per heavy atom. The number of rotatable bonds is 8. The van der Waals surface area contributed by atoms with Crippen molar-refractivity contribution in [2.24, 2.45) is 0 Å². The first-order valence-electron chi connectivity index (χ1n) is 9.95. The third kappa shape index (κ3) is 5.66. The van der Waals surface area contributed by atoms with Crippen molar-refractivity contribution >= 4 is 33.0 Å². The summed E-state index contributed by atoms with van der Waals surface area (Å²) >= 11 is 0. The second-order valence-corrected chi connectivity index (χ2v) is 9.20. The Morgan fingerprint density at radius 2 is 1.61 bits per heavy atom. The lowest BCUT2D eigenvalue weighted by Gasteiger charge is -2.28. The smallest absolute Gasteiger partial charge is 0.274 e. The lowest BCUT2D eigenvalue weighted by molar-refractivity contribution is -0.385. The average molecular weight is 470 g/mol. The van der Waals surface area contributed by atoms with E-state index in [1.54, 1.807) is 36.4 Å². The van der Waals surface area contributed by atoms with Crippen LogP contribution in [0.5, 0.6) is 11.5 Å². The minimum atomic E-state index is -3.83. The standard InChI is InChI=1S/C23H23N3O6S/c1-16-21(10-7-11-22(16)26(28)29)24-23(27)17(2)25(33(3,30)31)18-12-14-20(15-13-18)32-19-8-5-4-6-9-19/h4-15,17H,1-3H3,(H,24,27)/t17-/m1/s1. The van der Waals surface area contributed by atoms with E-state index in [2.05, 4.69) is 5.32 Å². The van der Waals surface area contributed by atoms with Gasteiger partial charge < -0.3 is 10.1 Å². The number of amides is 1. The summed E-state index contributed by atoms with van der Waals surface area (Å²) in [6.07, 6.45) is 1.00. The van der Waals surface area contributed by atoms with Crippen LogP contribution in [0.25, 0.3) is 0 Å². The molecule has 10 heteroatoms. The fourth-order valence-corrected chi connectivity index (χ4v) is 4.46. The molecule has 1 N–H and O–H groups in total. The van der Waals surface area contributed by atoms with Crippen molar-refractivity contribution in [3.63, 3.8) is 0 Å². The summed E-state index contributed by atoms with van der Waals surface area (Å²) in [6.45, 7) is 2.95. The minimum absolute atomic E-state index is 0.144. The molecule has 0 bridgehead atoms. The highest BCUT2D eigenvalue weighted by atomic mass is 32.2. The van der Waals surface area contributed by atoms with Gasteiger partial charge in [0.25, 0.3) is 5.69 Å². The zero-order valence-electron chi connectivity index (χ0n) is 18.3. The largest absolute Gasteiger partial charge is 0.457 e. The first-order chi connectivity index (χ1) is 15.6. The maximum Gasteiger partial charge on any atom is 0.274 e. The normalized spacial score (nSPS) is 12.0. The van der Waals surface area contributed by atoms with Gasteiger partial charge in [-0.05, 0) is 56.3 Å². The van der Waals surface area contributed by atoms with Gasteiger partial charge in [0, 0.05) is 6.07 Å². The van der Waals surface area contributed by atoms with Crippen LogP contribution < -0.4 is 14.4 Å². The first kappa shape index (κ1) is 23.7. The number of para-hydroxylation sites is 1. The Morgan fingerprint density at radius 1 is 1.00 bits per heavy atom. The number of nitro groups is 1. The third-order valence-corrected chi connectivity index (χ3v) is 6.16. The summed E-state index contributed by atoms with van der Waals surface area (Å²) in [7, 11) is -3.83. The van der Waals surface area contributed by atoms with E-state index < -0.39 is 26.9 Å². The van der Waals surface area contributed by atoms with Gasteiger partial charge in [-0.15, -0.1) is 0 Å². The van der Waals surface area contributed by atoms with E-state index in [-0.39, 0.29) is 22.6 Å². The summed E-state index contributed by atoms with van der Waals surface area (Å²) in [4.78, 5) is 23.5. The van der Waals surface area contributed by atoms with Crippen LogP contribution >= 0.6 is 0 Å². The van der Waals surface area contributed by atoms with E-state index in [1.165, 1.54) is 32.0 Å². The highest BCUT2D eigenvalue weighted by Crippen LogP contribution is 2.28. The van der Waals surface area contributed by atoms with Crippen molar-refractivity contribution in [3.8, 4) is 11.5 Å². The second kappa shape index (κ2) is 9.70. The highest BCUT2D eigenvalue weighted by Gasteiger charge is 2.30. The third-order valence-electron chi connectivity index (χ3n) is 4.92. The van der Waals surface area contributed by atoms with Crippen molar-refractivity contribution in [3.05, 3.63) is 88.5 Å². The molecule has 3 aromatic rings. The molecule has 0 aliphatic carbocycles. The van der Waals surface area contributed by atoms with Gasteiger partial charge in [0.2, 0.25) is 15.9 Å². The predicted octanol–water partition coefficient (Wildman–Crippen LogP) is 4.49. The van der Waals surface area contributed by atoms with Crippen LogP contribution in [-0.4, -0.2) is 31.5 Å². The van der Waals surface area contributed by atoms with Crippen LogP contribution in [0.3, 0.4) is 0 Å².